The van der Waals surface area contributed by atoms with Crippen molar-refractivity contribution in [3.8, 4) is 11.5 Å². The Morgan fingerprint density at radius 2 is 1.74 bits per heavy atom. The quantitative estimate of drug-likeness (QED) is 0.520. The molecule has 0 aliphatic carbocycles. The number of rotatable bonds is 11. The highest BCUT2D eigenvalue weighted by molar-refractivity contribution is 5.76. The SMILES string of the molecule is CCCCCCCC(=O)N[C@H](CN1C2CCC1CC2)[C@H](O)c1ccc2c(c1)OCCO2. The van der Waals surface area contributed by atoms with Gasteiger partial charge in [-0.2, -0.15) is 0 Å². The first kappa shape index (κ1) is 22.4. The fraction of sp³-hybridized carbons (Fsp3) is 0.720. The van der Waals surface area contributed by atoms with Gasteiger partial charge in [0.15, 0.2) is 11.5 Å². The lowest BCUT2D eigenvalue weighted by molar-refractivity contribution is -0.123. The third-order valence-corrected chi connectivity index (χ3v) is 7.15. The van der Waals surface area contributed by atoms with Crippen LogP contribution in [0.1, 0.15) is 82.8 Å². The Morgan fingerprint density at radius 1 is 1.06 bits per heavy atom. The number of fused-ring (bicyclic) bond motifs is 3. The van der Waals surface area contributed by atoms with Crippen LogP contribution in [0.4, 0.5) is 0 Å². The summed E-state index contributed by atoms with van der Waals surface area (Å²) in [6.07, 6.45) is 10.3. The van der Waals surface area contributed by atoms with Crippen molar-refractivity contribution in [3.05, 3.63) is 23.8 Å². The van der Waals surface area contributed by atoms with Gasteiger partial charge in [-0.1, -0.05) is 38.7 Å². The lowest BCUT2D eigenvalue weighted by Crippen LogP contribution is -2.48. The van der Waals surface area contributed by atoms with Crippen LogP contribution in [0.15, 0.2) is 18.2 Å². The number of ether oxygens (including phenoxy) is 2. The second kappa shape index (κ2) is 10.7. The molecule has 0 spiro atoms. The molecule has 31 heavy (non-hydrogen) atoms. The maximum Gasteiger partial charge on any atom is 0.220 e. The second-order valence-corrected chi connectivity index (χ2v) is 9.35. The fourth-order valence-corrected chi connectivity index (χ4v) is 5.41. The van der Waals surface area contributed by atoms with Crippen molar-refractivity contribution in [2.24, 2.45) is 0 Å². The monoisotopic (exact) mass is 430 g/mol. The standard InChI is InChI=1S/C25H38N2O4/c1-2-3-4-5-6-7-24(28)26-21(17-27-19-9-10-20(27)12-11-19)25(29)18-8-13-22-23(16-18)31-15-14-30-22/h8,13,16,19-21,25,29H,2-7,9-12,14-15,17H2,1H3,(H,26,28)/t19?,20?,21-,25-/m1/s1. The predicted octanol–water partition coefficient (Wildman–Crippen LogP) is 3.96. The van der Waals surface area contributed by atoms with Crippen LogP contribution in [0.5, 0.6) is 11.5 Å². The second-order valence-electron chi connectivity index (χ2n) is 9.35. The molecule has 3 aliphatic rings. The molecular formula is C25H38N2O4. The van der Waals surface area contributed by atoms with Gasteiger partial charge in [-0.3, -0.25) is 9.69 Å². The molecule has 2 fully saturated rings. The van der Waals surface area contributed by atoms with E-state index in [1.807, 2.05) is 18.2 Å². The van der Waals surface area contributed by atoms with E-state index in [-0.39, 0.29) is 11.9 Å². The number of benzene rings is 1. The summed E-state index contributed by atoms with van der Waals surface area (Å²) < 4.78 is 11.3. The molecule has 0 radical (unpaired) electrons. The highest BCUT2D eigenvalue weighted by atomic mass is 16.6. The Balaban J connectivity index is 1.42. The van der Waals surface area contributed by atoms with Crippen LogP contribution in [0, 0.1) is 0 Å². The number of unbranched alkanes of at least 4 members (excludes halogenated alkanes) is 4. The molecule has 0 aromatic heterocycles. The first-order valence-electron chi connectivity index (χ1n) is 12.3. The Bertz CT molecular complexity index is 720. The maximum atomic E-state index is 12.7. The van der Waals surface area contributed by atoms with Crippen LogP contribution in [0.25, 0.3) is 0 Å². The van der Waals surface area contributed by atoms with Crippen molar-refractivity contribution in [2.45, 2.75) is 95.4 Å². The van der Waals surface area contributed by atoms with E-state index < -0.39 is 6.10 Å². The zero-order chi connectivity index (χ0) is 21.6. The number of hydrogen-bond donors (Lipinski definition) is 2. The van der Waals surface area contributed by atoms with Gasteiger partial charge in [0.25, 0.3) is 0 Å². The maximum absolute atomic E-state index is 12.7. The van der Waals surface area contributed by atoms with Crippen LogP contribution >= 0.6 is 0 Å². The summed E-state index contributed by atoms with van der Waals surface area (Å²) in [7, 11) is 0. The first-order valence-corrected chi connectivity index (χ1v) is 12.3. The van der Waals surface area contributed by atoms with Crippen molar-refractivity contribution in [3.63, 3.8) is 0 Å². The average Bonchev–Trinajstić information content (AvgIpc) is 3.36. The molecule has 1 aromatic rings. The fourth-order valence-electron chi connectivity index (χ4n) is 5.41. The molecule has 6 heteroatoms. The van der Waals surface area contributed by atoms with Gasteiger partial charge in [-0.25, -0.2) is 0 Å². The van der Waals surface area contributed by atoms with Gasteiger partial charge < -0.3 is 19.9 Å². The number of carbonyl (C=O) groups excluding carboxylic acids is 1. The summed E-state index contributed by atoms with van der Waals surface area (Å²) in [6.45, 7) is 3.96. The predicted molar refractivity (Wildman–Crippen MR) is 120 cm³/mol. The molecule has 2 saturated heterocycles. The van der Waals surface area contributed by atoms with Gasteiger partial charge in [-0.15, -0.1) is 0 Å². The summed E-state index contributed by atoms with van der Waals surface area (Å²) in [4.78, 5) is 15.2. The van der Waals surface area contributed by atoms with E-state index in [1.54, 1.807) is 0 Å². The molecule has 2 atom stereocenters. The van der Waals surface area contributed by atoms with Gasteiger partial charge >= 0.3 is 0 Å². The average molecular weight is 431 g/mol. The van der Waals surface area contributed by atoms with Crippen LogP contribution in [-0.4, -0.2) is 53.8 Å². The Labute approximate surface area is 186 Å². The van der Waals surface area contributed by atoms with E-state index in [2.05, 4.69) is 17.1 Å². The molecule has 0 unspecified atom stereocenters. The van der Waals surface area contributed by atoms with E-state index in [4.69, 9.17) is 9.47 Å². The summed E-state index contributed by atoms with van der Waals surface area (Å²) in [5, 5.41) is 14.5. The molecule has 4 rings (SSSR count). The number of nitrogens with zero attached hydrogens (tertiary/aromatic N) is 1. The Kier molecular flexibility index (Phi) is 7.72. The van der Waals surface area contributed by atoms with Gasteiger partial charge in [0.1, 0.15) is 19.3 Å². The third kappa shape index (κ3) is 5.53. The number of hydrogen-bond acceptors (Lipinski definition) is 5. The number of aliphatic hydroxyl groups is 1. The van der Waals surface area contributed by atoms with Gasteiger partial charge in [0, 0.05) is 25.0 Å². The highest BCUT2D eigenvalue weighted by Gasteiger charge is 2.41. The van der Waals surface area contributed by atoms with Crippen molar-refractivity contribution in [1.82, 2.24) is 10.2 Å². The minimum absolute atomic E-state index is 0.0460. The lowest BCUT2D eigenvalue weighted by atomic mass is 10.00. The van der Waals surface area contributed by atoms with Crippen LogP contribution < -0.4 is 14.8 Å². The zero-order valence-electron chi connectivity index (χ0n) is 18.9. The van der Waals surface area contributed by atoms with E-state index in [0.29, 0.717) is 49.8 Å². The van der Waals surface area contributed by atoms with Gasteiger partial charge in [0.05, 0.1) is 6.04 Å². The molecule has 2 bridgehead atoms. The molecule has 0 saturated carbocycles. The van der Waals surface area contributed by atoms with Crippen LogP contribution in [0.3, 0.4) is 0 Å². The van der Waals surface area contributed by atoms with E-state index in [9.17, 15) is 9.90 Å². The normalized spacial score (nSPS) is 24.2. The lowest BCUT2D eigenvalue weighted by Gasteiger charge is -2.32. The van der Waals surface area contributed by atoms with Gasteiger partial charge in [0.2, 0.25) is 5.91 Å². The van der Waals surface area contributed by atoms with Crippen molar-refractivity contribution >= 4 is 5.91 Å². The van der Waals surface area contributed by atoms with E-state index >= 15 is 0 Å². The van der Waals surface area contributed by atoms with Gasteiger partial charge in [-0.05, 0) is 49.8 Å². The highest BCUT2D eigenvalue weighted by Crippen LogP contribution is 2.39. The van der Waals surface area contributed by atoms with Crippen molar-refractivity contribution in [1.29, 1.82) is 0 Å². The molecular weight excluding hydrogens is 392 g/mol. The molecule has 172 valence electrons. The number of aliphatic hydroxyl groups excluding tert-OH is 1. The summed E-state index contributed by atoms with van der Waals surface area (Å²) >= 11 is 0. The summed E-state index contributed by atoms with van der Waals surface area (Å²) in [6, 6.07) is 6.49. The largest absolute Gasteiger partial charge is 0.486 e. The number of amides is 1. The minimum Gasteiger partial charge on any atom is -0.486 e. The topological polar surface area (TPSA) is 71.0 Å². The van der Waals surface area contributed by atoms with Crippen molar-refractivity contribution in [2.75, 3.05) is 19.8 Å². The minimum atomic E-state index is -0.778. The number of carbonyl (C=O) groups is 1. The molecule has 3 aliphatic heterocycles. The van der Waals surface area contributed by atoms with E-state index in [1.165, 1.54) is 44.9 Å². The summed E-state index contributed by atoms with van der Waals surface area (Å²) in [5.41, 5.74) is 0.768. The molecule has 1 aromatic carbocycles. The van der Waals surface area contributed by atoms with E-state index in [0.717, 1.165) is 18.4 Å². The van der Waals surface area contributed by atoms with Crippen LogP contribution in [0.2, 0.25) is 0 Å². The third-order valence-electron chi connectivity index (χ3n) is 7.15. The molecule has 6 nitrogen and oxygen atoms in total. The van der Waals surface area contributed by atoms with Crippen LogP contribution in [-0.2, 0) is 4.79 Å². The van der Waals surface area contributed by atoms with Crippen molar-refractivity contribution < 1.29 is 19.4 Å². The Morgan fingerprint density at radius 3 is 2.45 bits per heavy atom. The smallest absolute Gasteiger partial charge is 0.220 e. The number of nitrogens with one attached hydrogen (secondary N) is 1. The molecule has 3 heterocycles. The Hall–Kier alpha value is -1.79. The molecule has 1 amide bonds. The molecule has 2 N–H and O–H groups in total. The zero-order valence-corrected chi connectivity index (χ0v) is 18.9. The summed E-state index contributed by atoms with van der Waals surface area (Å²) in [5.74, 6) is 1.43. The first-order chi connectivity index (χ1) is 15.2.